The maximum absolute atomic E-state index is 12.9. The van der Waals surface area contributed by atoms with Crippen LogP contribution in [0.25, 0.3) is 0 Å². The Balaban J connectivity index is 2.22. The van der Waals surface area contributed by atoms with Gasteiger partial charge in [0.15, 0.2) is 0 Å². The van der Waals surface area contributed by atoms with Crippen LogP contribution < -0.4 is 5.32 Å². The van der Waals surface area contributed by atoms with Crippen molar-refractivity contribution in [3.63, 3.8) is 0 Å². The van der Waals surface area contributed by atoms with Crippen molar-refractivity contribution in [3.05, 3.63) is 0 Å². The van der Waals surface area contributed by atoms with E-state index in [1.54, 1.807) is 4.90 Å². The number of hydrogen-bond acceptors (Lipinski definition) is 4. The molecule has 2 aliphatic rings. The van der Waals surface area contributed by atoms with Gasteiger partial charge in [-0.3, -0.25) is 9.59 Å². The minimum absolute atomic E-state index is 0.0531. The third-order valence-corrected chi connectivity index (χ3v) is 6.52. The summed E-state index contributed by atoms with van der Waals surface area (Å²) in [5.74, 6) is 0.114. The van der Waals surface area contributed by atoms with Crippen LogP contribution in [0.4, 0.5) is 0 Å². The summed E-state index contributed by atoms with van der Waals surface area (Å²) in [5.41, 5.74) is -0.829. The molecular formula is C14H24N2O4S. The largest absolute Gasteiger partial charge is 0.342 e. The second-order valence-electron chi connectivity index (χ2n) is 5.97. The lowest BCUT2D eigenvalue weighted by Crippen LogP contribution is -2.58. The maximum atomic E-state index is 12.9. The van der Waals surface area contributed by atoms with E-state index in [0.29, 0.717) is 32.2 Å². The molecule has 21 heavy (non-hydrogen) atoms. The molecule has 1 N–H and O–H groups in total. The van der Waals surface area contributed by atoms with Crippen LogP contribution in [0.1, 0.15) is 46.0 Å². The van der Waals surface area contributed by atoms with Crippen LogP contribution in [-0.2, 0) is 19.4 Å². The summed E-state index contributed by atoms with van der Waals surface area (Å²) in [5, 5.41) is 2.88. The molecule has 2 saturated heterocycles. The van der Waals surface area contributed by atoms with E-state index in [-0.39, 0.29) is 35.8 Å². The van der Waals surface area contributed by atoms with Gasteiger partial charge in [-0.25, -0.2) is 8.42 Å². The Morgan fingerprint density at radius 3 is 2.29 bits per heavy atom. The average Bonchev–Trinajstić information content (AvgIpc) is 2.57. The van der Waals surface area contributed by atoms with Crippen molar-refractivity contribution in [2.24, 2.45) is 0 Å². The number of hydrogen-bond donors (Lipinski definition) is 1. The van der Waals surface area contributed by atoms with E-state index in [9.17, 15) is 18.0 Å². The fourth-order valence-corrected chi connectivity index (χ4v) is 4.71. The standard InChI is InChI=1S/C14H24N2O4S/c1-3-14(4-2)13(18)16(8-5-12(17)15-14)11-6-9-21(19,20)10-7-11/h11H,3-10H2,1-2H3,(H,15,17). The Hall–Kier alpha value is -1.11. The van der Waals surface area contributed by atoms with Gasteiger partial charge in [0.1, 0.15) is 15.4 Å². The molecule has 0 aliphatic carbocycles. The molecular weight excluding hydrogens is 292 g/mol. The first-order valence-electron chi connectivity index (χ1n) is 7.66. The van der Waals surface area contributed by atoms with Crippen molar-refractivity contribution >= 4 is 21.7 Å². The molecule has 0 aromatic carbocycles. The minimum atomic E-state index is -2.95. The Bertz CT molecular complexity index is 511. The molecule has 2 heterocycles. The number of nitrogens with one attached hydrogen (secondary N) is 1. The van der Waals surface area contributed by atoms with Crippen LogP contribution in [-0.4, -0.2) is 54.8 Å². The first-order chi connectivity index (χ1) is 9.83. The highest BCUT2D eigenvalue weighted by Gasteiger charge is 2.44. The fourth-order valence-electron chi connectivity index (χ4n) is 3.25. The van der Waals surface area contributed by atoms with Gasteiger partial charge < -0.3 is 10.2 Å². The lowest BCUT2D eigenvalue weighted by Gasteiger charge is -2.39. The molecule has 2 fully saturated rings. The van der Waals surface area contributed by atoms with Crippen LogP contribution >= 0.6 is 0 Å². The lowest BCUT2D eigenvalue weighted by atomic mass is 9.90. The van der Waals surface area contributed by atoms with E-state index in [2.05, 4.69) is 5.32 Å². The lowest BCUT2D eigenvalue weighted by molar-refractivity contribution is -0.141. The molecule has 2 amide bonds. The molecule has 0 saturated carbocycles. The summed E-state index contributed by atoms with van der Waals surface area (Å²) < 4.78 is 23.1. The summed E-state index contributed by atoms with van der Waals surface area (Å²) in [7, 11) is -2.95. The number of nitrogens with zero attached hydrogens (tertiary/aromatic N) is 1. The summed E-state index contributed by atoms with van der Waals surface area (Å²) in [6.07, 6.45) is 2.35. The van der Waals surface area contributed by atoms with Gasteiger partial charge in [-0.05, 0) is 25.7 Å². The molecule has 0 aromatic heterocycles. The molecule has 7 heteroatoms. The van der Waals surface area contributed by atoms with Crippen molar-refractivity contribution < 1.29 is 18.0 Å². The van der Waals surface area contributed by atoms with E-state index in [1.165, 1.54) is 0 Å². The van der Waals surface area contributed by atoms with Gasteiger partial charge in [0, 0.05) is 19.0 Å². The topological polar surface area (TPSA) is 83.6 Å². The molecule has 0 unspecified atom stereocenters. The SMILES string of the molecule is CCC1(CC)NC(=O)CCN(C2CCS(=O)(=O)CC2)C1=O. The molecule has 0 aromatic rings. The third kappa shape index (κ3) is 3.22. The van der Waals surface area contributed by atoms with Crippen molar-refractivity contribution in [2.75, 3.05) is 18.1 Å². The van der Waals surface area contributed by atoms with Crippen molar-refractivity contribution in [1.82, 2.24) is 10.2 Å². The van der Waals surface area contributed by atoms with Crippen LogP contribution in [0.3, 0.4) is 0 Å². The van der Waals surface area contributed by atoms with E-state index >= 15 is 0 Å². The van der Waals surface area contributed by atoms with Crippen LogP contribution in [0, 0.1) is 0 Å². The average molecular weight is 316 g/mol. The summed E-state index contributed by atoms with van der Waals surface area (Å²) in [6.45, 7) is 4.18. The van der Waals surface area contributed by atoms with Crippen molar-refractivity contribution in [3.8, 4) is 0 Å². The van der Waals surface area contributed by atoms with Gasteiger partial charge in [0.2, 0.25) is 11.8 Å². The molecule has 120 valence electrons. The predicted octanol–water partition coefficient (Wildman–Crippen LogP) is 0.471. The number of amides is 2. The summed E-state index contributed by atoms with van der Waals surface area (Å²) in [6, 6.07) is -0.0637. The number of carbonyl (C=O) groups excluding carboxylic acids is 2. The fraction of sp³-hybridized carbons (Fsp3) is 0.857. The highest BCUT2D eigenvalue weighted by molar-refractivity contribution is 7.91. The van der Waals surface area contributed by atoms with Crippen molar-refractivity contribution in [2.45, 2.75) is 57.5 Å². The zero-order chi connectivity index (χ0) is 15.7. The Morgan fingerprint density at radius 1 is 1.19 bits per heavy atom. The van der Waals surface area contributed by atoms with E-state index in [1.807, 2.05) is 13.8 Å². The molecule has 0 spiro atoms. The number of carbonyl (C=O) groups is 2. The zero-order valence-corrected chi connectivity index (χ0v) is 13.5. The van der Waals surface area contributed by atoms with Crippen LogP contribution in [0.15, 0.2) is 0 Å². The van der Waals surface area contributed by atoms with Crippen LogP contribution in [0.5, 0.6) is 0 Å². The molecule has 0 bridgehead atoms. The normalized spacial score (nSPS) is 26.3. The quantitative estimate of drug-likeness (QED) is 0.820. The first kappa shape index (κ1) is 16.3. The molecule has 6 nitrogen and oxygen atoms in total. The third-order valence-electron chi connectivity index (χ3n) is 4.80. The van der Waals surface area contributed by atoms with Crippen LogP contribution in [0.2, 0.25) is 0 Å². The highest BCUT2D eigenvalue weighted by Crippen LogP contribution is 2.27. The smallest absolute Gasteiger partial charge is 0.248 e. The van der Waals surface area contributed by atoms with Gasteiger partial charge in [-0.15, -0.1) is 0 Å². The first-order valence-corrected chi connectivity index (χ1v) is 9.48. The second kappa shape index (κ2) is 5.94. The number of rotatable bonds is 3. The molecule has 0 radical (unpaired) electrons. The van der Waals surface area contributed by atoms with E-state index < -0.39 is 15.4 Å². The zero-order valence-electron chi connectivity index (χ0n) is 12.7. The Morgan fingerprint density at radius 2 is 1.76 bits per heavy atom. The Labute approximate surface area is 126 Å². The predicted molar refractivity (Wildman–Crippen MR) is 79.5 cm³/mol. The van der Waals surface area contributed by atoms with Gasteiger partial charge >= 0.3 is 0 Å². The highest BCUT2D eigenvalue weighted by atomic mass is 32.2. The second-order valence-corrected chi connectivity index (χ2v) is 8.27. The molecule has 2 aliphatic heterocycles. The van der Waals surface area contributed by atoms with Gasteiger partial charge in [-0.1, -0.05) is 13.8 Å². The molecule has 0 atom stereocenters. The van der Waals surface area contributed by atoms with Gasteiger partial charge in [0.25, 0.3) is 0 Å². The summed E-state index contributed by atoms with van der Waals surface area (Å²) in [4.78, 5) is 26.6. The minimum Gasteiger partial charge on any atom is -0.342 e. The molecule has 2 rings (SSSR count). The van der Waals surface area contributed by atoms with Crippen molar-refractivity contribution in [1.29, 1.82) is 0 Å². The van der Waals surface area contributed by atoms with Gasteiger partial charge in [-0.2, -0.15) is 0 Å². The maximum Gasteiger partial charge on any atom is 0.248 e. The summed E-state index contributed by atoms with van der Waals surface area (Å²) >= 11 is 0. The number of sulfone groups is 1. The van der Waals surface area contributed by atoms with Gasteiger partial charge in [0.05, 0.1) is 11.5 Å². The Kier molecular flexibility index (Phi) is 4.60. The van der Waals surface area contributed by atoms with E-state index in [0.717, 1.165) is 0 Å². The van der Waals surface area contributed by atoms with E-state index in [4.69, 9.17) is 0 Å². The monoisotopic (exact) mass is 316 g/mol.